The van der Waals surface area contributed by atoms with Crippen LogP contribution in [0.5, 0.6) is 5.75 Å². The van der Waals surface area contributed by atoms with E-state index in [4.69, 9.17) is 15.2 Å². The number of thioether (sulfide) groups is 1. The van der Waals surface area contributed by atoms with E-state index in [-0.39, 0.29) is 5.97 Å². The van der Waals surface area contributed by atoms with Gasteiger partial charge in [0.15, 0.2) is 5.17 Å². The largest absolute Gasteiger partial charge is 0.497 e. The minimum atomic E-state index is -0.378. The molecule has 6 heteroatoms. The molecule has 1 aromatic carbocycles. The second-order valence-electron chi connectivity index (χ2n) is 3.78. The molecule has 0 aromatic heterocycles. The van der Waals surface area contributed by atoms with E-state index in [1.54, 1.807) is 20.2 Å². The number of methoxy groups -OCH3 is 2. The number of nitrogens with two attached hydrogens (primary N) is 1. The van der Waals surface area contributed by atoms with Gasteiger partial charge < -0.3 is 15.2 Å². The first-order valence-corrected chi connectivity index (χ1v) is 6.87. The maximum absolute atomic E-state index is 11.7. The first-order chi connectivity index (χ1) is 9.60. The van der Waals surface area contributed by atoms with Crippen molar-refractivity contribution in [2.24, 2.45) is 10.7 Å². The normalized spacial score (nSPS) is 12.2. The van der Waals surface area contributed by atoms with Crippen LogP contribution in [-0.4, -0.2) is 38.2 Å². The zero-order valence-corrected chi connectivity index (χ0v) is 12.6. The van der Waals surface area contributed by atoms with Crippen molar-refractivity contribution in [3.63, 3.8) is 0 Å². The predicted molar refractivity (Wildman–Crippen MR) is 83.0 cm³/mol. The van der Waals surface area contributed by atoms with E-state index in [1.165, 1.54) is 18.9 Å². The molecule has 0 fully saturated rings. The Morgan fingerprint density at radius 2 is 2.00 bits per heavy atom. The zero-order valence-electron chi connectivity index (χ0n) is 11.8. The standard InChI is InChI=1S/C14H18N2O3S/c1-16-14(15)20-9-11(13(17)19-3)8-10-4-6-12(18-2)7-5-10/h4-8H,9H2,1-3H3,(H2,15,16)/b11-8+. The van der Waals surface area contributed by atoms with Gasteiger partial charge in [0.25, 0.3) is 0 Å². The molecule has 5 nitrogen and oxygen atoms in total. The predicted octanol–water partition coefficient (Wildman–Crippen LogP) is 1.93. The van der Waals surface area contributed by atoms with E-state index in [0.29, 0.717) is 16.5 Å². The number of rotatable bonds is 5. The number of hydrogen-bond donors (Lipinski definition) is 1. The summed E-state index contributed by atoms with van der Waals surface area (Å²) in [6.07, 6.45) is 1.77. The van der Waals surface area contributed by atoms with E-state index in [0.717, 1.165) is 11.3 Å². The molecule has 108 valence electrons. The third kappa shape index (κ3) is 4.97. The van der Waals surface area contributed by atoms with Crippen LogP contribution in [0, 0.1) is 0 Å². The summed E-state index contributed by atoms with van der Waals surface area (Å²) < 4.78 is 9.86. The summed E-state index contributed by atoms with van der Waals surface area (Å²) in [6, 6.07) is 7.39. The van der Waals surface area contributed by atoms with Crippen LogP contribution in [0.1, 0.15) is 5.56 Å². The molecule has 0 atom stereocenters. The van der Waals surface area contributed by atoms with Gasteiger partial charge in [-0.2, -0.15) is 0 Å². The number of carbonyl (C=O) groups is 1. The van der Waals surface area contributed by atoms with Gasteiger partial charge in [-0.3, -0.25) is 4.99 Å². The Morgan fingerprint density at radius 1 is 1.35 bits per heavy atom. The van der Waals surface area contributed by atoms with Gasteiger partial charge in [-0.15, -0.1) is 0 Å². The fourth-order valence-electron chi connectivity index (χ4n) is 1.41. The minimum absolute atomic E-state index is 0.378. The summed E-state index contributed by atoms with van der Waals surface area (Å²) in [5.74, 6) is 0.790. The SMILES string of the molecule is CN=C(N)SC/C(=C\c1ccc(OC)cc1)C(=O)OC. The monoisotopic (exact) mass is 294 g/mol. The maximum atomic E-state index is 11.7. The molecule has 2 N–H and O–H groups in total. The zero-order chi connectivity index (χ0) is 15.0. The van der Waals surface area contributed by atoms with Crippen LogP contribution in [-0.2, 0) is 9.53 Å². The van der Waals surface area contributed by atoms with Crippen molar-refractivity contribution in [3.8, 4) is 5.75 Å². The molecular formula is C14H18N2O3S. The van der Waals surface area contributed by atoms with Crippen molar-refractivity contribution < 1.29 is 14.3 Å². The Hall–Kier alpha value is -1.95. The van der Waals surface area contributed by atoms with Crippen LogP contribution in [0.25, 0.3) is 6.08 Å². The Morgan fingerprint density at radius 3 is 2.50 bits per heavy atom. The Bertz CT molecular complexity index is 510. The number of benzene rings is 1. The van der Waals surface area contributed by atoms with Crippen molar-refractivity contribution in [2.45, 2.75) is 0 Å². The summed E-state index contributed by atoms with van der Waals surface area (Å²) >= 11 is 1.29. The number of hydrogen-bond acceptors (Lipinski definition) is 5. The van der Waals surface area contributed by atoms with Crippen LogP contribution >= 0.6 is 11.8 Å². The van der Waals surface area contributed by atoms with E-state index in [2.05, 4.69) is 4.99 Å². The maximum Gasteiger partial charge on any atom is 0.334 e. The smallest absolute Gasteiger partial charge is 0.334 e. The number of amidine groups is 1. The van der Waals surface area contributed by atoms with Crippen LogP contribution in [0.15, 0.2) is 34.8 Å². The average Bonchev–Trinajstić information content (AvgIpc) is 2.50. The van der Waals surface area contributed by atoms with Crippen LogP contribution in [0.3, 0.4) is 0 Å². The molecule has 0 unspecified atom stereocenters. The second-order valence-corrected chi connectivity index (χ2v) is 4.78. The van der Waals surface area contributed by atoms with Gasteiger partial charge in [0.05, 0.1) is 14.2 Å². The highest BCUT2D eigenvalue weighted by Gasteiger charge is 2.11. The third-order valence-electron chi connectivity index (χ3n) is 2.50. The number of aliphatic imine (C=N–C) groups is 1. The lowest BCUT2D eigenvalue weighted by molar-refractivity contribution is -0.135. The molecule has 0 saturated heterocycles. The summed E-state index contributed by atoms with van der Waals surface area (Å²) in [4.78, 5) is 15.6. The van der Waals surface area contributed by atoms with Crippen molar-refractivity contribution in [2.75, 3.05) is 27.0 Å². The van der Waals surface area contributed by atoms with E-state index < -0.39 is 0 Å². The molecule has 0 saturated carbocycles. The van der Waals surface area contributed by atoms with Gasteiger partial charge in [0, 0.05) is 18.4 Å². The highest BCUT2D eigenvalue weighted by atomic mass is 32.2. The Balaban J connectivity index is 2.90. The fourth-order valence-corrected chi connectivity index (χ4v) is 2.04. The van der Waals surface area contributed by atoms with Crippen molar-refractivity contribution in [1.82, 2.24) is 0 Å². The first-order valence-electron chi connectivity index (χ1n) is 5.88. The molecule has 0 heterocycles. The van der Waals surface area contributed by atoms with Gasteiger partial charge in [-0.25, -0.2) is 4.79 Å². The van der Waals surface area contributed by atoms with Crippen molar-refractivity contribution in [1.29, 1.82) is 0 Å². The Kier molecular flexibility index (Phi) is 6.66. The fraction of sp³-hybridized carbons (Fsp3) is 0.286. The average molecular weight is 294 g/mol. The van der Waals surface area contributed by atoms with Gasteiger partial charge in [0.2, 0.25) is 0 Å². The molecule has 0 aliphatic heterocycles. The number of nitrogens with zero attached hydrogens (tertiary/aromatic N) is 1. The number of esters is 1. The topological polar surface area (TPSA) is 73.9 Å². The lowest BCUT2D eigenvalue weighted by atomic mass is 10.1. The molecule has 0 bridgehead atoms. The van der Waals surface area contributed by atoms with E-state index in [1.807, 2.05) is 24.3 Å². The molecule has 0 aliphatic carbocycles. The van der Waals surface area contributed by atoms with Crippen LogP contribution in [0.4, 0.5) is 0 Å². The number of ether oxygens (including phenoxy) is 2. The summed E-state index contributed by atoms with van der Waals surface area (Å²) in [6.45, 7) is 0. The number of carbonyl (C=O) groups excluding carboxylic acids is 1. The minimum Gasteiger partial charge on any atom is -0.497 e. The quantitative estimate of drug-likeness (QED) is 0.389. The third-order valence-corrected chi connectivity index (χ3v) is 3.43. The molecule has 20 heavy (non-hydrogen) atoms. The molecule has 0 aliphatic rings. The summed E-state index contributed by atoms with van der Waals surface area (Å²) in [5.41, 5.74) is 7.02. The molecule has 0 radical (unpaired) electrons. The van der Waals surface area contributed by atoms with Crippen molar-refractivity contribution in [3.05, 3.63) is 35.4 Å². The molecule has 1 aromatic rings. The van der Waals surface area contributed by atoms with Crippen LogP contribution < -0.4 is 10.5 Å². The van der Waals surface area contributed by atoms with Gasteiger partial charge in [-0.1, -0.05) is 23.9 Å². The summed E-state index contributed by atoms with van der Waals surface area (Å²) in [5, 5.41) is 0.425. The lowest BCUT2D eigenvalue weighted by Crippen LogP contribution is -2.12. The first kappa shape index (κ1) is 16.1. The second kappa shape index (κ2) is 8.27. The summed E-state index contributed by atoms with van der Waals surface area (Å²) in [7, 11) is 4.56. The van der Waals surface area contributed by atoms with Crippen LogP contribution in [0.2, 0.25) is 0 Å². The van der Waals surface area contributed by atoms with E-state index in [9.17, 15) is 4.79 Å². The lowest BCUT2D eigenvalue weighted by Gasteiger charge is -2.06. The Labute approximate surface area is 122 Å². The van der Waals surface area contributed by atoms with Crippen molar-refractivity contribution >= 4 is 29.0 Å². The molecular weight excluding hydrogens is 276 g/mol. The van der Waals surface area contributed by atoms with E-state index >= 15 is 0 Å². The highest BCUT2D eigenvalue weighted by molar-refractivity contribution is 8.13. The molecule has 0 amide bonds. The van der Waals surface area contributed by atoms with Gasteiger partial charge in [0.1, 0.15) is 5.75 Å². The van der Waals surface area contributed by atoms with Gasteiger partial charge >= 0.3 is 5.97 Å². The molecule has 0 spiro atoms. The highest BCUT2D eigenvalue weighted by Crippen LogP contribution is 2.17. The van der Waals surface area contributed by atoms with Gasteiger partial charge in [-0.05, 0) is 23.8 Å². The molecule has 1 rings (SSSR count).